The molecule has 0 saturated carbocycles. The van der Waals surface area contributed by atoms with Gasteiger partial charge in [0.2, 0.25) is 5.95 Å². The number of thiol groups is 1. The van der Waals surface area contributed by atoms with Gasteiger partial charge in [0.25, 0.3) is 11.1 Å². The molecule has 10 unspecified atom stereocenters. The first-order valence-electron chi connectivity index (χ1n) is 44.1. The molecule has 6 aliphatic heterocycles. The van der Waals surface area contributed by atoms with E-state index in [2.05, 4.69) is 72.1 Å². The van der Waals surface area contributed by atoms with E-state index in [1.807, 2.05) is 0 Å². The SMILES string of the molecule is COCCOC1[C@@H](OP(=O)(S)OC[C@H]2O[C@@H](n3cnc4c(N)ncnc43)C(OCCOC)[C@H]2OP(O)(=S)OC[C@H]2O[C@@H](n3cnc4c(N)ncnc43)C(OCCOC)[C@H]2O)[C@@H](COP(=O)(O)O[C@@H]2C(OCCOC)[C@H](n3cnc4c(=O)[nH]c(N)nc43)O[C@@H]2COP(=O)(O)O[C@@H]2C(OCCOC)[C@H](n3cc(C)c(=O)[nH]c3=O)O[C@@H]2COP(O)(=S)O[C@@H]2C[C@H](n3cc(C)c(N)nc3=O)O[C@@H]2C)O[C@H]1n1cc(C)c(N)nc1=O. The van der Waals surface area contributed by atoms with Crippen molar-refractivity contribution in [3.8, 4) is 0 Å². The van der Waals surface area contributed by atoms with Crippen molar-refractivity contribution in [1.29, 1.82) is 0 Å². The van der Waals surface area contributed by atoms with Crippen LogP contribution in [0, 0.1) is 20.8 Å². The van der Waals surface area contributed by atoms with E-state index in [9.17, 15) is 48.7 Å². The molecule has 145 heavy (non-hydrogen) atoms. The van der Waals surface area contributed by atoms with Crippen molar-refractivity contribution in [3.63, 3.8) is 0 Å². The lowest BCUT2D eigenvalue weighted by molar-refractivity contribution is -0.0838. The molecule has 70 heteroatoms. The fourth-order valence-corrected chi connectivity index (χ4v) is 22.9. The van der Waals surface area contributed by atoms with E-state index in [1.54, 1.807) is 13.8 Å². The van der Waals surface area contributed by atoms with E-state index in [1.165, 1.54) is 94.5 Å². The summed E-state index contributed by atoms with van der Waals surface area (Å²) in [5.74, 6) is -0.706. The summed E-state index contributed by atoms with van der Waals surface area (Å²) in [6.45, 7) is -15.5. The van der Waals surface area contributed by atoms with Gasteiger partial charge in [-0.15, -0.1) is 0 Å². The summed E-state index contributed by atoms with van der Waals surface area (Å²) in [4.78, 5) is 163. The number of anilines is 5. The fraction of sp³-hybridized carbons (Fsp3) is 0.640. The quantitative estimate of drug-likeness (QED) is 0.0120. The van der Waals surface area contributed by atoms with Gasteiger partial charge in [-0.1, -0.05) is 12.2 Å². The molecule has 15 heterocycles. The van der Waals surface area contributed by atoms with Crippen molar-refractivity contribution in [2.45, 2.75) is 175 Å². The smallest absolute Gasteiger partial charge is 0.387 e. The van der Waals surface area contributed by atoms with Crippen LogP contribution in [0.25, 0.3) is 33.5 Å². The lowest BCUT2D eigenvalue weighted by Gasteiger charge is -2.30. The number of phosphoric acid groups is 2. The number of fused-ring (bicyclic) bond motifs is 3. The van der Waals surface area contributed by atoms with E-state index in [0.717, 1.165) is 32.6 Å². The highest BCUT2D eigenvalue weighted by Gasteiger charge is 2.59. The minimum absolute atomic E-state index is 0.0188. The lowest BCUT2D eigenvalue weighted by Crippen LogP contribution is -2.41. The molecule has 0 bridgehead atoms. The van der Waals surface area contributed by atoms with E-state index < -0.39 is 251 Å². The summed E-state index contributed by atoms with van der Waals surface area (Å²) in [7, 11) is -5.05. The molecule has 6 aliphatic rings. The minimum Gasteiger partial charge on any atom is -0.387 e. The van der Waals surface area contributed by atoms with Gasteiger partial charge in [0.05, 0.1) is 130 Å². The number of aliphatic hydroxyl groups excluding tert-OH is 1. The van der Waals surface area contributed by atoms with Crippen LogP contribution in [0.15, 0.2) is 74.2 Å². The molecular formula is C75H108N23O39P5S3. The largest absolute Gasteiger partial charge is 0.472 e. The van der Waals surface area contributed by atoms with Crippen molar-refractivity contribution in [1.82, 2.24) is 87.2 Å². The van der Waals surface area contributed by atoms with Crippen LogP contribution in [0.4, 0.5) is 29.2 Å². The third kappa shape index (κ3) is 25.9. The Bertz CT molecular complexity index is 6620. The Morgan fingerprint density at radius 1 is 0.414 bits per heavy atom. The average molecular weight is 2210 g/mol. The second kappa shape index (κ2) is 47.7. The van der Waals surface area contributed by atoms with Gasteiger partial charge in [0.15, 0.2) is 65.2 Å². The molecule has 9 aromatic rings. The van der Waals surface area contributed by atoms with E-state index in [4.69, 9.17) is 173 Å². The molecule has 62 nitrogen and oxygen atoms in total. The van der Waals surface area contributed by atoms with Crippen molar-refractivity contribution < 1.29 is 159 Å². The first-order chi connectivity index (χ1) is 69.0. The highest BCUT2D eigenvalue weighted by atomic mass is 32.7. The number of aromatic nitrogens is 18. The van der Waals surface area contributed by atoms with E-state index in [-0.39, 0.29) is 134 Å². The lowest BCUT2D eigenvalue weighted by atomic mass is 10.1. The number of H-pyrrole nitrogens is 2. The molecule has 9 aromatic heterocycles. The fourth-order valence-electron chi connectivity index (χ4n) is 16.5. The zero-order chi connectivity index (χ0) is 104. The second-order valence-electron chi connectivity index (χ2n) is 33.2. The number of hydrogen-bond acceptors (Lipinski definition) is 52. The number of methoxy groups -OCH3 is 5. The number of ether oxygens (including phenoxy) is 16. The number of rotatable bonds is 51. The molecule has 0 radical (unpaired) electrons. The van der Waals surface area contributed by atoms with Crippen LogP contribution in [0.5, 0.6) is 0 Å². The summed E-state index contributed by atoms with van der Waals surface area (Å²) >= 11 is 15.7. The van der Waals surface area contributed by atoms with Gasteiger partial charge in [0.1, 0.15) is 133 Å². The Labute approximate surface area is 834 Å². The van der Waals surface area contributed by atoms with Crippen molar-refractivity contribution in [2.75, 3.05) is 163 Å². The molecule has 800 valence electrons. The number of nitrogens with zero attached hydrogens (tertiary/aromatic N) is 16. The van der Waals surface area contributed by atoms with Gasteiger partial charge < -0.3 is 143 Å². The van der Waals surface area contributed by atoms with Crippen molar-refractivity contribution in [3.05, 3.63) is 119 Å². The third-order valence-electron chi connectivity index (χ3n) is 23.5. The van der Waals surface area contributed by atoms with E-state index >= 15 is 13.7 Å². The molecule has 17 N–H and O–H groups in total. The summed E-state index contributed by atoms with van der Waals surface area (Å²) in [6, 6.07) is 0. The summed E-state index contributed by atoms with van der Waals surface area (Å²) in [6.07, 6.45) is -27.0. The normalized spacial score (nSPS) is 29.2. The van der Waals surface area contributed by atoms with Crippen LogP contribution in [-0.2, 0) is 158 Å². The number of hydrogen-bond donors (Lipinski definition) is 13. The second-order valence-corrected chi connectivity index (χ2v) is 44.4. The Morgan fingerprint density at radius 2 is 0.793 bits per heavy atom. The number of aromatic amines is 2. The van der Waals surface area contributed by atoms with Crippen LogP contribution in [0.3, 0.4) is 0 Å². The summed E-state index contributed by atoms with van der Waals surface area (Å²) in [5.41, 5.74) is 26.5. The zero-order valence-electron chi connectivity index (χ0n) is 78.4. The molecule has 0 spiro atoms. The number of nitrogen functional groups attached to an aromatic ring is 5. The van der Waals surface area contributed by atoms with Gasteiger partial charge in [-0.2, -0.15) is 15.0 Å². The van der Waals surface area contributed by atoms with Crippen molar-refractivity contribution in [2.24, 2.45) is 0 Å². The first kappa shape index (κ1) is 111. The van der Waals surface area contributed by atoms with Gasteiger partial charge in [-0.25, -0.2) is 63.0 Å². The predicted molar refractivity (Wildman–Crippen MR) is 505 cm³/mol. The number of nitrogens with two attached hydrogens (primary N) is 5. The standard InChI is InChI=1S/C75H108N23O39P5S3/c1-34-21-93(73(102)88-58(34)76)44-20-38(37(4)127-44)133-140(109,143)125-27-42-50(54(118-16-11-113-6)68(130-42)95-23-36(3)65(100)92-75(95)104)135-138(105,106)122-25-40-49(55(119-17-12-114-7)71(131-40)98-33-87-47-64(98)90-72(80)91-66(47)101)134-139(107,108)123-26-41-51(56(120-18-13-115-8)69(129-41)94-22-35(2)59(77)89-74(94)103)136-142(111,145)126-28-43-52(57(121-19-14-116-9)70(132-43)97-32-86-46-61(79)82-30-84-63(46)97)137-141(110,144)124-24-39-48(99)53(117-15-10-112-5)67(128-39)96-31-85-45-60(78)81-29-83-62(45)96/h21-23,29-33,37-44,48-57,67-71,99H,10-20,24-28H2,1-9H3,(H,105,106)(H,107,108)(H,109,143)(H,110,144)(H,111,145)(H2,76,88,102)(H2,77,89,103)(H2,78,81,83)(H2,79,82,84)(H,92,100,104)(H3,80,90,91,101)/t37-,38-,39-,40-,41-,42-,43-,44-,48+,49+,50+,51+,52+,53?,54?,55?,56?,57?,67-,68-,69-,70-,71-,140?,141?,142?/m1/s1. The number of nitrogens with one attached hydrogen (secondary N) is 2. The van der Waals surface area contributed by atoms with Crippen LogP contribution < -0.4 is 56.9 Å². The Balaban J connectivity index is 0.722. The Hall–Kier alpha value is -8.01. The highest BCUT2D eigenvalue weighted by molar-refractivity contribution is 8.44. The van der Waals surface area contributed by atoms with Crippen LogP contribution in [0.1, 0.15) is 67.4 Å². The van der Waals surface area contributed by atoms with Crippen LogP contribution in [0.2, 0.25) is 0 Å². The number of aryl methyl sites for hydroxylation is 3. The summed E-state index contributed by atoms with van der Waals surface area (Å²) in [5, 5.41) is 12.0. The predicted octanol–water partition coefficient (Wildman–Crippen LogP) is -1.31. The number of phosphoric ester groups is 2. The number of aliphatic hydroxyl groups is 1. The first-order valence-corrected chi connectivity index (χ1v) is 54.9. The third-order valence-corrected chi connectivity index (χ3v) is 30.2. The Morgan fingerprint density at radius 3 is 1.28 bits per heavy atom. The highest BCUT2D eigenvalue weighted by Crippen LogP contribution is 2.60. The maximum atomic E-state index is 15.7. The zero-order valence-corrected chi connectivity index (χ0v) is 85.4. The van der Waals surface area contributed by atoms with Crippen molar-refractivity contribution >= 4 is 134 Å². The Kier molecular flexibility index (Phi) is 36.5. The molecule has 0 aromatic carbocycles. The molecule has 15 rings (SSSR count). The molecule has 28 atom stereocenters. The number of imidazole rings is 3. The van der Waals surface area contributed by atoms with Gasteiger partial charge >= 0.3 is 52.9 Å². The van der Waals surface area contributed by atoms with E-state index in [0.29, 0.717) is 5.56 Å². The molecule has 0 amide bonds. The minimum atomic E-state index is -5.95. The molecular weight excluding hydrogens is 2100 g/mol. The topological polar surface area (TPSA) is 798 Å². The van der Waals surface area contributed by atoms with Gasteiger partial charge in [0, 0.05) is 77.3 Å². The average Bonchev–Trinajstić information content (AvgIpc) is 1.96. The maximum absolute atomic E-state index is 15.7. The molecule has 0 aliphatic carbocycles. The monoisotopic (exact) mass is 2210 g/mol. The van der Waals surface area contributed by atoms with Gasteiger partial charge in [-0.05, 0) is 51.3 Å². The molecule has 6 saturated heterocycles. The maximum Gasteiger partial charge on any atom is 0.472 e. The van der Waals surface area contributed by atoms with Crippen LogP contribution in [-0.4, -0.2) is 350 Å². The molecule has 6 fully saturated rings. The van der Waals surface area contributed by atoms with Gasteiger partial charge in [-0.3, -0.25) is 78.6 Å². The van der Waals surface area contributed by atoms with Crippen LogP contribution >= 0.6 is 48.1 Å². The summed E-state index contributed by atoms with van der Waals surface area (Å²) < 4.78 is 210.